The lowest BCUT2D eigenvalue weighted by atomic mass is 9.43. The van der Waals surface area contributed by atoms with Crippen molar-refractivity contribution in [1.82, 2.24) is 0 Å². The summed E-state index contributed by atoms with van der Waals surface area (Å²) in [7, 11) is 0. The molecule has 4 rings (SSSR count). The fraction of sp³-hybridized carbons (Fsp3) is 0.857. The summed E-state index contributed by atoms with van der Waals surface area (Å²) in [6, 6.07) is 0. The van der Waals surface area contributed by atoms with Gasteiger partial charge in [-0.3, -0.25) is 0 Å². The van der Waals surface area contributed by atoms with Crippen LogP contribution >= 0.6 is 23.2 Å². The second-order valence-corrected chi connectivity index (χ2v) is 13.8. The van der Waals surface area contributed by atoms with Crippen molar-refractivity contribution in [2.24, 2.45) is 39.4 Å². The van der Waals surface area contributed by atoms with E-state index in [2.05, 4.69) is 41.5 Å². The monoisotopic (exact) mass is 466 g/mol. The fourth-order valence-corrected chi connectivity index (χ4v) is 9.50. The van der Waals surface area contributed by atoms with E-state index < -0.39 is 0 Å². The summed E-state index contributed by atoms with van der Waals surface area (Å²) in [5.74, 6) is 2.09. The first-order valence-electron chi connectivity index (χ1n) is 12.8. The Morgan fingerprint density at radius 2 is 1.71 bits per heavy atom. The van der Waals surface area contributed by atoms with Crippen LogP contribution in [-0.4, -0.2) is 11.2 Å². The van der Waals surface area contributed by atoms with Gasteiger partial charge in [0.05, 0.1) is 6.10 Å². The number of fused-ring (bicyclic) bond motifs is 4. The molecule has 1 N–H and O–H groups in total. The number of rotatable bonds is 4. The Bertz CT molecular complexity index is 778. The maximum atomic E-state index is 10.8. The minimum absolute atomic E-state index is 0.0249. The van der Waals surface area contributed by atoms with Gasteiger partial charge in [0.1, 0.15) is 4.49 Å². The van der Waals surface area contributed by atoms with Crippen LogP contribution in [0.15, 0.2) is 21.7 Å². The Morgan fingerprint density at radius 3 is 2.39 bits per heavy atom. The third-order valence-electron chi connectivity index (χ3n) is 11.4. The average Bonchev–Trinajstić information content (AvgIpc) is 2.96. The smallest absolute Gasteiger partial charge is 0.102 e. The van der Waals surface area contributed by atoms with Crippen LogP contribution in [-0.2, 0) is 0 Å². The number of halogens is 2. The molecule has 2 saturated carbocycles. The molecule has 0 aromatic heterocycles. The van der Waals surface area contributed by atoms with E-state index >= 15 is 0 Å². The van der Waals surface area contributed by atoms with Crippen LogP contribution in [0.3, 0.4) is 0 Å². The van der Waals surface area contributed by atoms with E-state index in [9.17, 15) is 5.11 Å². The molecule has 31 heavy (non-hydrogen) atoms. The van der Waals surface area contributed by atoms with Gasteiger partial charge in [-0.2, -0.15) is 0 Å². The topological polar surface area (TPSA) is 20.2 Å². The summed E-state index contributed by atoms with van der Waals surface area (Å²) in [5, 5.41) is 10.8. The molecule has 0 aliphatic heterocycles. The summed E-state index contributed by atoms with van der Waals surface area (Å²) < 4.78 is 0.410. The van der Waals surface area contributed by atoms with E-state index in [1.807, 2.05) is 17.2 Å². The van der Waals surface area contributed by atoms with E-state index in [4.69, 9.17) is 23.2 Å². The van der Waals surface area contributed by atoms with Gasteiger partial charge in [0.15, 0.2) is 0 Å². The molecule has 0 bridgehead atoms. The Hall–Kier alpha value is 0.0200. The summed E-state index contributed by atoms with van der Waals surface area (Å²) in [6.07, 6.45) is 13.9. The van der Waals surface area contributed by atoms with Gasteiger partial charge in [-0.25, -0.2) is 0 Å². The molecular formula is C28H44Cl2O. The van der Waals surface area contributed by atoms with E-state index in [1.165, 1.54) is 51.4 Å². The zero-order valence-electron chi connectivity index (χ0n) is 20.7. The molecule has 0 unspecified atom stereocenters. The summed E-state index contributed by atoms with van der Waals surface area (Å²) in [4.78, 5) is 0. The van der Waals surface area contributed by atoms with Gasteiger partial charge in [-0.15, -0.1) is 0 Å². The highest BCUT2D eigenvalue weighted by molar-refractivity contribution is 6.55. The minimum atomic E-state index is -0.149. The van der Waals surface area contributed by atoms with Gasteiger partial charge in [0.25, 0.3) is 0 Å². The maximum absolute atomic E-state index is 10.8. The molecule has 0 saturated heterocycles. The van der Waals surface area contributed by atoms with Crippen molar-refractivity contribution in [3.05, 3.63) is 21.7 Å². The highest BCUT2D eigenvalue weighted by Gasteiger charge is 2.63. The highest BCUT2D eigenvalue weighted by atomic mass is 35.5. The summed E-state index contributed by atoms with van der Waals surface area (Å²) in [6.45, 7) is 14.9. The van der Waals surface area contributed by atoms with Gasteiger partial charge in [0, 0.05) is 0 Å². The number of allylic oxidation sites excluding steroid dienone is 3. The number of hydrogen-bond acceptors (Lipinski definition) is 1. The molecule has 0 aromatic carbocycles. The van der Waals surface area contributed by atoms with Crippen LogP contribution in [0.5, 0.6) is 0 Å². The van der Waals surface area contributed by atoms with Crippen LogP contribution in [0.4, 0.5) is 0 Å². The Labute approximate surface area is 201 Å². The van der Waals surface area contributed by atoms with Crippen molar-refractivity contribution in [3.63, 3.8) is 0 Å². The molecule has 0 radical (unpaired) electrons. The molecule has 4 aliphatic carbocycles. The summed E-state index contributed by atoms with van der Waals surface area (Å²) >= 11 is 11.7. The Morgan fingerprint density at radius 1 is 1.00 bits per heavy atom. The average molecular weight is 468 g/mol. The predicted molar refractivity (Wildman–Crippen MR) is 133 cm³/mol. The van der Waals surface area contributed by atoms with Crippen LogP contribution in [0.1, 0.15) is 106 Å². The first kappa shape index (κ1) is 24.2. The Kier molecular flexibility index (Phi) is 6.28. The molecule has 0 amide bonds. The van der Waals surface area contributed by atoms with Crippen molar-refractivity contribution in [2.45, 2.75) is 112 Å². The van der Waals surface area contributed by atoms with Crippen molar-refractivity contribution in [3.8, 4) is 0 Å². The first-order valence-corrected chi connectivity index (χ1v) is 13.6. The molecule has 0 spiro atoms. The lowest BCUT2D eigenvalue weighted by Gasteiger charge is -2.62. The largest absolute Gasteiger partial charge is 0.393 e. The molecule has 1 nitrogen and oxygen atoms in total. The second kappa shape index (κ2) is 8.06. The van der Waals surface area contributed by atoms with Gasteiger partial charge >= 0.3 is 0 Å². The van der Waals surface area contributed by atoms with E-state index in [0.29, 0.717) is 27.2 Å². The van der Waals surface area contributed by atoms with Crippen molar-refractivity contribution >= 4 is 23.2 Å². The predicted octanol–water partition coefficient (Wildman–Crippen LogP) is 8.83. The van der Waals surface area contributed by atoms with Gasteiger partial charge in [0.2, 0.25) is 0 Å². The number of aliphatic hydroxyl groups is 1. The van der Waals surface area contributed by atoms with Crippen LogP contribution in [0, 0.1) is 39.4 Å². The normalized spacial score (nSPS) is 44.9. The second-order valence-electron chi connectivity index (χ2n) is 12.8. The van der Waals surface area contributed by atoms with Gasteiger partial charge in [-0.1, -0.05) is 82.0 Å². The third kappa shape index (κ3) is 3.50. The summed E-state index contributed by atoms with van der Waals surface area (Å²) in [5.41, 5.74) is 4.70. The molecule has 0 heterocycles. The van der Waals surface area contributed by atoms with E-state index in [1.54, 1.807) is 0 Å². The fourth-order valence-electron chi connectivity index (χ4n) is 9.29. The molecular weight excluding hydrogens is 423 g/mol. The maximum Gasteiger partial charge on any atom is 0.102 e. The lowest BCUT2D eigenvalue weighted by molar-refractivity contribution is -0.0962. The Balaban J connectivity index is 1.65. The van der Waals surface area contributed by atoms with Gasteiger partial charge in [-0.05, 0) is 104 Å². The lowest BCUT2D eigenvalue weighted by Crippen LogP contribution is -2.55. The van der Waals surface area contributed by atoms with Crippen molar-refractivity contribution in [2.75, 3.05) is 0 Å². The van der Waals surface area contributed by atoms with Crippen LogP contribution in [0.25, 0.3) is 0 Å². The molecule has 3 heteroatoms. The van der Waals surface area contributed by atoms with Gasteiger partial charge < -0.3 is 5.11 Å². The zero-order chi connectivity index (χ0) is 22.8. The van der Waals surface area contributed by atoms with Crippen molar-refractivity contribution < 1.29 is 5.11 Å². The van der Waals surface area contributed by atoms with E-state index in [0.717, 1.165) is 18.8 Å². The molecule has 2 fully saturated rings. The van der Waals surface area contributed by atoms with E-state index in [-0.39, 0.29) is 16.9 Å². The van der Waals surface area contributed by atoms with Crippen molar-refractivity contribution in [1.29, 1.82) is 0 Å². The quantitative estimate of drug-likeness (QED) is 0.410. The number of hydrogen-bond donors (Lipinski definition) is 1. The SMILES string of the molecule is C[C@H](CCC=C(Cl)Cl)[C@H]1CC[C@@]2(C)C3=C(CC[C@]12C)[C@@]1(C)CC[C@H](O)C(C)(C)[C@@H]1CC3. The molecule has 7 atom stereocenters. The zero-order valence-corrected chi connectivity index (χ0v) is 22.2. The van der Waals surface area contributed by atoms with Crippen LogP contribution < -0.4 is 0 Å². The standard InChI is InChI=1S/C28H44Cl2O/c1-18(8-7-9-24(29)30)19-12-16-28(6)21-10-11-22-25(2,3)23(31)14-15-26(22,4)20(21)13-17-27(19,28)5/h9,18-19,22-23,31H,7-8,10-17H2,1-6H3/t18-,19-,22+,23+,26-,27-,28+/m1/s1. The molecule has 0 aromatic rings. The highest BCUT2D eigenvalue weighted by Crippen LogP contribution is 2.72. The minimum Gasteiger partial charge on any atom is -0.393 e. The molecule has 176 valence electrons. The van der Waals surface area contributed by atoms with Crippen LogP contribution in [0.2, 0.25) is 0 Å². The third-order valence-corrected chi connectivity index (χ3v) is 11.7. The molecule has 4 aliphatic rings. The first-order chi connectivity index (χ1) is 14.4. The number of aliphatic hydroxyl groups excluding tert-OH is 1.